The molecule has 2 atom stereocenters. The molecule has 0 unspecified atom stereocenters. The molecule has 1 saturated heterocycles. The number of amides is 1. The van der Waals surface area contributed by atoms with E-state index in [4.69, 9.17) is 4.42 Å². The van der Waals surface area contributed by atoms with Crippen molar-refractivity contribution in [3.63, 3.8) is 0 Å². The summed E-state index contributed by atoms with van der Waals surface area (Å²) in [6, 6.07) is 0. The molecule has 2 aliphatic carbocycles. The zero-order valence-electron chi connectivity index (χ0n) is 14.5. The fourth-order valence-corrected chi connectivity index (χ4v) is 4.58. The first-order valence-electron chi connectivity index (χ1n) is 9.25. The molecule has 2 aromatic rings. The van der Waals surface area contributed by atoms with Gasteiger partial charge >= 0.3 is 0 Å². The number of aryl methyl sites for hydroxylation is 1. The minimum Gasteiger partial charge on any atom is -0.424 e. The Labute approximate surface area is 146 Å². The van der Waals surface area contributed by atoms with Crippen LogP contribution in [0.5, 0.6) is 0 Å². The monoisotopic (exact) mass is 341 g/mol. The number of nitrogens with zero attached hydrogens (tertiary/aromatic N) is 5. The summed E-state index contributed by atoms with van der Waals surface area (Å²) in [5.74, 6) is 3.50. The van der Waals surface area contributed by atoms with Gasteiger partial charge in [0, 0.05) is 31.4 Å². The summed E-state index contributed by atoms with van der Waals surface area (Å²) >= 11 is 0. The topological polar surface area (TPSA) is 77.1 Å². The van der Waals surface area contributed by atoms with Crippen molar-refractivity contribution in [3.05, 3.63) is 30.0 Å². The van der Waals surface area contributed by atoms with Crippen molar-refractivity contribution in [2.24, 2.45) is 5.92 Å². The summed E-state index contributed by atoms with van der Waals surface area (Å²) in [6.45, 7) is 3.78. The van der Waals surface area contributed by atoms with Crippen LogP contribution in [-0.4, -0.2) is 43.6 Å². The lowest BCUT2D eigenvalue weighted by Gasteiger charge is -2.24. The van der Waals surface area contributed by atoms with Gasteiger partial charge < -0.3 is 13.9 Å². The maximum atomic E-state index is 12.8. The van der Waals surface area contributed by atoms with Crippen molar-refractivity contribution in [2.75, 3.05) is 13.1 Å². The van der Waals surface area contributed by atoms with Crippen LogP contribution in [0, 0.1) is 12.8 Å². The number of hydrogen-bond acceptors (Lipinski definition) is 5. The summed E-state index contributed by atoms with van der Waals surface area (Å²) in [7, 11) is 0. The van der Waals surface area contributed by atoms with Crippen molar-refractivity contribution >= 4 is 5.91 Å². The first kappa shape index (κ1) is 15.1. The highest BCUT2D eigenvalue weighted by molar-refractivity contribution is 5.76. The molecule has 5 rings (SSSR count). The average molecular weight is 341 g/mol. The molecule has 3 heterocycles. The molecule has 25 heavy (non-hydrogen) atoms. The quantitative estimate of drug-likeness (QED) is 0.850. The van der Waals surface area contributed by atoms with Crippen LogP contribution in [0.4, 0.5) is 0 Å². The third-order valence-corrected chi connectivity index (χ3v) is 6.25. The minimum atomic E-state index is -0.125. The van der Waals surface area contributed by atoms with Gasteiger partial charge in [0.2, 0.25) is 17.7 Å². The fourth-order valence-electron chi connectivity index (χ4n) is 4.58. The van der Waals surface area contributed by atoms with Crippen LogP contribution in [0.2, 0.25) is 0 Å². The highest BCUT2D eigenvalue weighted by Crippen LogP contribution is 2.51. The van der Waals surface area contributed by atoms with E-state index in [1.54, 1.807) is 6.20 Å². The molecular formula is C18H23N5O2. The van der Waals surface area contributed by atoms with Crippen LogP contribution in [0.15, 0.2) is 16.8 Å². The molecule has 0 radical (unpaired) electrons. The molecule has 0 spiro atoms. The number of likely N-dealkylation sites (tertiary alicyclic amines) is 1. The Morgan fingerprint density at radius 2 is 2.24 bits per heavy atom. The van der Waals surface area contributed by atoms with E-state index in [2.05, 4.69) is 15.2 Å². The Hall–Kier alpha value is -2.18. The number of imidazole rings is 1. The van der Waals surface area contributed by atoms with E-state index in [-0.39, 0.29) is 11.3 Å². The van der Waals surface area contributed by atoms with Crippen molar-refractivity contribution in [3.8, 4) is 0 Å². The number of carbonyl (C=O) groups is 1. The average Bonchev–Trinajstić information content (AvgIpc) is 2.94. The Kier molecular flexibility index (Phi) is 3.27. The number of hydrogen-bond donors (Lipinski definition) is 0. The predicted molar refractivity (Wildman–Crippen MR) is 88.8 cm³/mol. The highest BCUT2D eigenvalue weighted by atomic mass is 16.4. The first-order valence-corrected chi connectivity index (χ1v) is 9.25. The Morgan fingerprint density at radius 3 is 3.00 bits per heavy atom. The van der Waals surface area contributed by atoms with Gasteiger partial charge in [-0.2, -0.15) is 0 Å². The van der Waals surface area contributed by atoms with E-state index < -0.39 is 0 Å². The number of aromatic nitrogens is 4. The minimum absolute atomic E-state index is 0.125. The number of fused-ring (bicyclic) bond motifs is 1. The van der Waals surface area contributed by atoms with Gasteiger partial charge in [0.15, 0.2) is 0 Å². The van der Waals surface area contributed by atoms with Crippen molar-refractivity contribution in [1.29, 1.82) is 0 Å². The number of rotatable bonds is 4. The lowest BCUT2D eigenvalue weighted by molar-refractivity contribution is -0.131. The second kappa shape index (κ2) is 5.41. The second-order valence-electron chi connectivity index (χ2n) is 7.84. The molecule has 0 aromatic carbocycles. The normalized spacial score (nSPS) is 28.5. The molecule has 0 bridgehead atoms. The van der Waals surface area contributed by atoms with Gasteiger partial charge in [0.05, 0.1) is 5.41 Å². The lowest BCUT2D eigenvalue weighted by atomic mass is 9.80. The molecular weight excluding hydrogens is 318 g/mol. The highest BCUT2D eigenvalue weighted by Gasteiger charge is 2.55. The summed E-state index contributed by atoms with van der Waals surface area (Å²) in [4.78, 5) is 19.0. The van der Waals surface area contributed by atoms with Crippen LogP contribution in [0.3, 0.4) is 0 Å². The molecule has 7 nitrogen and oxygen atoms in total. The summed E-state index contributed by atoms with van der Waals surface area (Å²) in [5.41, 5.74) is -0.125. The van der Waals surface area contributed by atoms with Crippen LogP contribution >= 0.6 is 0 Å². The predicted octanol–water partition coefficient (Wildman–Crippen LogP) is 2.03. The Balaban J connectivity index is 1.37. The maximum absolute atomic E-state index is 12.8. The van der Waals surface area contributed by atoms with Crippen molar-refractivity contribution < 1.29 is 9.21 Å². The zero-order valence-corrected chi connectivity index (χ0v) is 14.5. The largest absolute Gasteiger partial charge is 0.424 e. The van der Waals surface area contributed by atoms with Gasteiger partial charge in [-0.15, -0.1) is 10.2 Å². The van der Waals surface area contributed by atoms with Crippen LogP contribution < -0.4 is 0 Å². The molecule has 0 N–H and O–H groups in total. The molecule has 7 heteroatoms. The lowest BCUT2D eigenvalue weighted by Crippen LogP contribution is -2.36. The van der Waals surface area contributed by atoms with E-state index in [0.29, 0.717) is 24.9 Å². The van der Waals surface area contributed by atoms with E-state index in [9.17, 15) is 4.79 Å². The van der Waals surface area contributed by atoms with Crippen LogP contribution in [0.1, 0.15) is 55.6 Å². The second-order valence-corrected chi connectivity index (χ2v) is 7.84. The zero-order chi connectivity index (χ0) is 17.0. The van der Waals surface area contributed by atoms with Crippen LogP contribution in [-0.2, 0) is 16.8 Å². The standard InChI is InChI=1S/C18H23N5O2/c1-12-19-7-8-22(12)10-15(24)23-9-14-3-2-6-18(14,11-23)17-21-20-16(25-17)13-4-5-13/h7-8,13-14H,2-6,9-11H2,1H3/t14-,18-/m0/s1. The fraction of sp³-hybridized carbons (Fsp3) is 0.667. The third-order valence-electron chi connectivity index (χ3n) is 6.25. The van der Waals surface area contributed by atoms with Crippen molar-refractivity contribution in [2.45, 2.75) is 56.9 Å². The van der Waals surface area contributed by atoms with E-state index in [0.717, 1.165) is 49.8 Å². The Morgan fingerprint density at radius 1 is 1.36 bits per heavy atom. The SMILES string of the molecule is Cc1nccn1CC(=O)N1C[C@@H]2CCC[C@]2(c2nnc(C3CC3)o2)C1. The van der Waals surface area contributed by atoms with Gasteiger partial charge in [-0.05, 0) is 38.5 Å². The Bertz CT molecular complexity index is 808. The van der Waals surface area contributed by atoms with Gasteiger partial charge in [0.25, 0.3) is 0 Å². The molecule has 2 aromatic heterocycles. The van der Waals surface area contributed by atoms with E-state index in [1.165, 1.54) is 6.42 Å². The molecule has 1 aliphatic heterocycles. The van der Waals surface area contributed by atoms with Gasteiger partial charge in [-0.3, -0.25) is 4.79 Å². The maximum Gasteiger partial charge on any atom is 0.242 e. The molecule has 1 amide bonds. The first-order chi connectivity index (χ1) is 12.2. The molecule has 132 valence electrons. The van der Waals surface area contributed by atoms with E-state index >= 15 is 0 Å². The third kappa shape index (κ3) is 2.40. The number of carbonyl (C=O) groups excluding carboxylic acids is 1. The summed E-state index contributed by atoms with van der Waals surface area (Å²) < 4.78 is 7.98. The van der Waals surface area contributed by atoms with Gasteiger partial charge in [-0.1, -0.05) is 6.42 Å². The molecule has 3 aliphatic rings. The van der Waals surface area contributed by atoms with E-state index in [1.807, 2.05) is 22.6 Å². The smallest absolute Gasteiger partial charge is 0.242 e. The summed E-state index contributed by atoms with van der Waals surface area (Å²) in [6.07, 6.45) is 9.27. The molecule has 3 fully saturated rings. The van der Waals surface area contributed by atoms with Crippen molar-refractivity contribution in [1.82, 2.24) is 24.6 Å². The van der Waals surface area contributed by atoms with Crippen LogP contribution in [0.25, 0.3) is 0 Å². The van der Waals surface area contributed by atoms with Gasteiger partial charge in [-0.25, -0.2) is 4.98 Å². The summed E-state index contributed by atoms with van der Waals surface area (Å²) in [5, 5.41) is 8.69. The molecule has 2 saturated carbocycles. The van der Waals surface area contributed by atoms with Gasteiger partial charge in [0.1, 0.15) is 12.4 Å².